The molecule has 4 rings (SSSR count). The molecule has 2 aromatic carbocycles. The summed E-state index contributed by atoms with van der Waals surface area (Å²) in [5, 5.41) is 0.499. The lowest BCUT2D eigenvalue weighted by molar-refractivity contribution is -0.145. The standard InChI is InChI=1S/C35H40Cl2N2O6/c1-35(2,3)45-34(42)39(31-10-5-6-19-38-31)26-15-11-24(12-16-26)22-44-27-17-13-23(14-18-27)20-25(33(41)43-4)21-30(40)32-28(36)8-7-9-29(32)37/h5-10,13-14,17-19,24-26H,11-12,15-16,20-22H2,1-4H3/t24?,25-,26?/m1/s1. The molecule has 1 aliphatic rings. The molecule has 0 N–H and O–H groups in total. The van der Waals surface area contributed by atoms with Crippen molar-refractivity contribution in [3.8, 4) is 5.75 Å². The van der Waals surface area contributed by atoms with E-state index < -0.39 is 17.5 Å². The van der Waals surface area contributed by atoms with Crippen LogP contribution >= 0.6 is 23.2 Å². The number of esters is 1. The van der Waals surface area contributed by atoms with Crippen LogP contribution in [0.5, 0.6) is 5.75 Å². The molecule has 1 fully saturated rings. The van der Waals surface area contributed by atoms with E-state index in [1.807, 2.05) is 63.2 Å². The maximum atomic E-state index is 13.1. The molecule has 3 aromatic rings. The number of amides is 1. The third-order valence-corrected chi connectivity index (χ3v) is 8.40. The van der Waals surface area contributed by atoms with Crippen molar-refractivity contribution in [2.24, 2.45) is 11.8 Å². The predicted molar refractivity (Wildman–Crippen MR) is 175 cm³/mol. The zero-order valence-electron chi connectivity index (χ0n) is 26.1. The van der Waals surface area contributed by atoms with Gasteiger partial charge in [0.15, 0.2) is 5.78 Å². The monoisotopic (exact) mass is 654 g/mol. The zero-order chi connectivity index (χ0) is 32.6. The first-order valence-electron chi connectivity index (χ1n) is 15.1. The first kappa shape index (κ1) is 34.3. The number of ketones is 1. The van der Waals surface area contributed by atoms with Crippen LogP contribution in [0.2, 0.25) is 10.0 Å². The Morgan fingerprint density at radius 1 is 0.933 bits per heavy atom. The second-order valence-electron chi connectivity index (χ2n) is 12.3. The molecule has 0 spiro atoms. The van der Waals surface area contributed by atoms with Gasteiger partial charge >= 0.3 is 12.1 Å². The van der Waals surface area contributed by atoms with E-state index >= 15 is 0 Å². The average molecular weight is 656 g/mol. The molecular formula is C35H40Cl2N2O6. The van der Waals surface area contributed by atoms with Crippen molar-refractivity contribution in [3.05, 3.63) is 88.0 Å². The van der Waals surface area contributed by atoms with Crippen LogP contribution in [-0.4, -0.2) is 48.2 Å². The third kappa shape index (κ3) is 9.68. The number of halogens is 2. The maximum absolute atomic E-state index is 13.1. The summed E-state index contributed by atoms with van der Waals surface area (Å²) in [5.41, 5.74) is 0.475. The highest BCUT2D eigenvalue weighted by Gasteiger charge is 2.34. The summed E-state index contributed by atoms with van der Waals surface area (Å²) in [4.78, 5) is 44.8. The Balaban J connectivity index is 1.31. The molecule has 1 heterocycles. The van der Waals surface area contributed by atoms with Crippen molar-refractivity contribution >= 4 is 46.9 Å². The van der Waals surface area contributed by atoms with E-state index in [0.29, 0.717) is 24.8 Å². The van der Waals surface area contributed by atoms with Gasteiger partial charge in [0.1, 0.15) is 17.2 Å². The van der Waals surface area contributed by atoms with Crippen LogP contribution in [0.4, 0.5) is 10.6 Å². The molecule has 45 heavy (non-hydrogen) atoms. The highest BCUT2D eigenvalue weighted by atomic mass is 35.5. The van der Waals surface area contributed by atoms with E-state index in [-0.39, 0.29) is 39.9 Å². The van der Waals surface area contributed by atoms with Crippen LogP contribution in [0, 0.1) is 11.8 Å². The van der Waals surface area contributed by atoms with Crippen molar-refractivity contribution < 1.29 is 28.6 Å². The molecule has 8 nitrogen and oxygen atoms in total. The van der Waals surface area contributed by atoms with Gasteiger partial charge in [-0.05, 0) is 101 Å². The van der Waals surface area contributed by atoms with E-state index in [1.54, 1.807) is 29.3 Å². The number of pyridine rings is 1. The van der Waals surface area contributed by atoms with E-state index in [9.17, 15) is 14.4 Å². The predicted octanol–water partition coefficient (Wildman–Crippen LogP) is 8.37. The molecule has 0 aliphatic heterocycles. The summed E-state index contributed by atoms with van der Waals surface area (Å²) >= 11 is 12.4. The fourth-order valence-electron chi connectivity index (χ4n) is 5.52. The van der Waals surface area contributed by atoms with Gasteiger partial charge in [-0.3, -0.25) is 14.5 Å². The summed E-state index contributed by atoms with van der Waals surface area (Å²) in [5.74, 6) is 0.177. The minimum absolute atomic E-state index is 0.00568. The molecule has 1 saturated carbocycles. The van der Waals surface area contributed by atoms with E-state index in [4.69, 9.17) is 37.4 Å². The van der Waals surface area contributed by atoms with Crippen molar-refractivity contribution in [2.45, 2.75) is 70.9 Å². The van der Waals surface area contributed by atoms with Gasteiger partial charge in [-0.25, -0.2) is 9.78 Å². The number of benzene rings is 2. The first-order chi connectivity index (χ1) is 21.4. The number of carbonyl (C=O) groups excluding carboxylic acids is 3. The highest BCUT2D eigenvalue weighted by Crippen LogP contribution is 2.32. The lowest BCUT2D eigenvalue weighted by Crippen LogP contribution is -2.46. The second-order valence-corrected chi connectivity index (χ2v) is 13.1. The summed E-state index contributed by atoms with van der Waals surface area (Å²) in [6, 6.07) is 17.9. The van der Waals surface area contributed by atoms with Gasteiger partial charge in [-0.1, -0.05) is 47.5 Å². The Morgan fingerprint density at radius 2 is 1.60 bits per heavy atom. The topological polar surface area (TPSA) is 95.0 Å². The smallest absolute Gasteiger partial charge is 0.416 e. The van der Waals surface area contributed by atoms with Crippen molar-refractivity contribution in [2.75, 3.05) is 18.6 Å². The third-order valence-electron chi connectivity index (χ3n) is 7.77. The van der Waals surface area contributed by atoms with Crippen molar-refractivity contribution in [1.82, 2.24) is 4.98 Å². The van der Waals surface area contributed by atoms with Gasteiger partial charge < -0.3 is 14.2 Å². The largest absolute Gasteiger partial charge is 0.493 e. The van der Waals surface area contributed by atoms with Crippen LogP contribution in [0.25, 0.3) is 0 Å². The van der Waals surface area contributed by atoms with Crippen LogP contribution in [0.15, 0.2) is 66.9 Å². The quantitative estimate of drug-likeness (QED) is 0.151. The first-order valence-corrected chi connectivity index (χ1v) is 15.9. The molecule has 10 heteroatoms. The molecule has 0 radical (unpaired) electrons. The minimum atomic E-state index is -0.692. The number of methoxy groups -OCH3 is 1. The molecule has 1 atom stereocenters. The Bertz CT molecular complexity index is 1430. The molecule has 1 amide bonds. The van der Waals surface area contributed by atoms with Gasteiger partial charge in [-0.2, -0.15) is 0 Å². The average Bonchev–Trinajstić information content (AvgIpc) is 3.00. The fourth-order valence-corrected chi connectivity index (χ4v) is 6.13. The molecule has 0 unspecified atom stereocenters. The minimum Gasteiger partial charge on any atom is -0.493 e. The number of hydrogen-bond donors (Lipinski definition) is 0. The van der Waals surface area contributed by atoms with Gasteiger partial charge in [0, 0.05) is 18.7 Å². The van der Waals surface area contributed by atoms with Crippen molar-refractivity contribution in [1.29, 1.82) is 0 Å². The summed E-state index contributed by atoms with van der Waals surface area (Å²) in [7, 11) is 1.31. The SMILES string of the molecule is COC(=O)[C@@H](CC(=O)c1c(Cl)cccc1Cl)Cc1ccc(OCC2CCC(N(C(=O)OC(C)(C)C)c3ccccn3)CC2)cc1. The lowest BCUT2D eigenvalue weighted by Gasteiger charge is -2.37. The maximum Gasteiger partial charge on any atom is 0.416 e. The summed E-state index contributed by atoms with van der Waals surface area (Å²) in [6.45, 7) is 6.14. The fraction of sp³-hybridized carbons (Fsp3) is 0.429. The number of carbonyl (C=O) groups is 3. The Morgan fingerprint density at radius 3 is 2.18 bits per heavy atom. The van der Waals surface area contributed by atoms with Crippen LogP contribution in [-0.2, 0) is 20.7 Å². The second kappa shape index (κ2) is 15.6. The number of aromatic nitrogens is 1. The van der Waals surface area contributed by atoms with Crippen LogP contribution in [0.1, 0.15) is 68.8 Å². The Hall–Kier alpha value is -3.62. The van der Waals surface area contributed by atoms with Gasteiger partial charge in [0.25, 0.3) is 0 Å². The molecule has 0 bridgehead atoms. The van der Waals surface area contributed by atoms with Gasteiger partial charge in [0.2, 0.25) is 0 Å². The van der Waals surface area contributed by atoms with E-state index in [1.165, 1.54) is 7.11 Å². The normalized spacial score (nSPS) is 17.2. The summed E-state index contributed by atoms with van der Waals surface area (Å²) in [6.07, 6.45) is 4.97. The number of ether oxygens (including phenoxy) is 3. The number of Topliss-reactive ketones (excluding diaryl/α,β-unsaturated/α-hetero) is 1. The molecule has 0 saturated heterocycles. The number of hydrogen-bond acceptors (Lipinski definition) is 7. The van der Waals surface area contributed by atoms with Crippen LogP contribution < -0.4 is 9.64 Å². The zero-order valence-corrected chi connectivity index (χ0v) is 27.6. The molecule has 1 aromatic heterocycles. The Kier molecular flexibility index (Phi) is 11.9. The molecule has 240 valence electrons. The number of nitrogens with zero attached hydrogens (tertiary/aromatic N) is 2. The molecule has 1 aliphatic carbocycles. The number of anilines is 1. The van der Waals surface area contributed by atoms with Gasteiger partial charge in [-0.15, -0.1) is 0 Å². The van der Waals surface area contributed by atoms with Gasteiger partial charge in [0.05, 0.1) is 35.2 Å². The molecular weight excluding hydrogens is 615 g/mol. The lowest BCUT2D eigenvalue weighted by atomic mass is 9.86. The van der Waals surface area contributed by atoms with Crippen LogP contribution in [0.3, 0.4) is 0 Å². The van der Waals surface area contributed by atoms with E-state index in [0.717, 1.165) is 37.0 Å². The summed E-state index contributed by atoms with van der Waals surface area (Å²) < 4.78 is 16.8. The van der Waals surface area contributed by atoms with Crippen molar-refractivity contribution in [3.63, 3.8) is 0 Å². The Labute approximate surface area is 275 Å². The highest BCUT2D eigenvalue weighted by molar-refractivity contribution is 6.39. The van der Waals surface area contributed by atoms with E-state index in [2.05, 4.69) is 4.98 Å². The number of rotatable bonds is 11.